The van der Waals surface area contributed by atoms with Crippen molar-refractivity contribution in [2.45, 2.75) is 18.9 Å². The summed E-state index contributed by atoms with van der Waals surface area (Å²) in [6.45, 7) is 1.26. The Morgan fingerprint density at radius 1 is 1.65 bits per heavy atom. The van der Waals surface area contributed by atoms with Gasteiger partial charge >= 0.3 is 0 Å². The number of halogens is 1. The first-order chi connectivity index (χ1) is 8.13. The van der Waals surface area contributed by atoms with Gasteiger partial charge in [-0.15, -0.1) is 0 Å². The molecule has 1 saturated carbocycles. The van der Waals surface area contributed by atoms with Gasteiger partial charge in [0.25, 0.3) is 5.91 Å². The average Bonchev–Trinajstić information content (AvgIpc) is 3.05. The Bertz CT molecular complexity index is 413. The Labute approximate surface area is 110 Å². The molecule has 1 aliphatic rings. The van der Waals surface area contributed by atoms with Crippen molar-refractivity contribution < 1.29 is 9.53 Å². The zero-order valence-corrected chi connectivity index (χ0v) is 11.7. The van der Waals surface area contributed by atoms with Gasteiger partial charge in [-0.05, 0) is 34.8 Å². The molecule has 0 radical (unpaired) electrons. The van der Waals surface area contributed by atoms with E-state index in [0.29, 0.717) is 19.2 Å². The first-order valence-electron chi connectivity index (χ1n) is 5.75. The minimum absolute atomic E-state index is 0.0951. The van der Waals surface area contributed by atoms with Gasteiger partial charge in [0.2, 0.25) is 0 Å². The second kappa shape index (κ2) is 5.23. The van der Waals surface area contributed by atoms with Gasteiger partial charge in [-0.2, -0.15) is 0 Å². The molecule has 0 saturated heterocycles. The number of methoxy groups -OCH3 is 1. The van der Waals surface area contributed by atoms with E-state index in [1.165, 1.54) is 0 Å². The molecular weight excluding hydrogens is 284 g/mol. The third-order valence-corrected chi connectivity index (χ3v) is 3.41. The highest BCUT2D eigenvalue weighted by Gasteiger charge is 2.33. The van der Waals surface area contributed by atoms with Gasteiger partial charge in [0.1, 0.15) is 5.69 Å². The second-order valence-corrected chi connectivity index (χ2v) is 5.29. The minimum Gasteiger partial charge on any atom is -0.383 e. The molecular formula is C12H17BrN2O2. The predicted molar refractivity (Wildman–Crippen MR) is 69.0 cm³/mol. The number of nitrogens with zero attached hydrogens (tertiary/aromatic N) is 2. The Balaban J connectivity index is 2.12. The van der Waals surface area contributed by atoms with Crippen molar-refractivity contribution in [2.75, 3.05) is 20.3 Å². The quantitative estimate of drug-likeness (QED) is 0.834. The van der Waals surface area contributed by atoms with Crippen LogP contribution in [0, 0.1) is 0 Å². The van der Waals surface area contributed by atoms with Crippen molar-refractivity contribution in [2.24, 2.45) is 7.05 Å². The molecule has 0 N–H and O–H groups in total. The van der Waals surface area contributed by atoms with Gasteiger partial charge in [-0.3, -0.25) is 4.79 Å². The molecule has 0 atom stereocenters. The topological polar surface area (TPSA) is 34.5 Å². The van der Waals surface area contributed by atoms with E-state index < -0.39 is 0 Å². The maximum Gasteiger partial charge on any atom is 0.270 e. The molecule has 1 aromatic heterocycles. The van der Waals surface area contributed by atoms with Crippen molar-refractivity contribution in [1.82, 2.24) is 9.47 Å². The van der Waals surface area contributed by atoms with Crippen molar-refractivity contribution >= 4 is 21.8 Å². The number of aryl methyl sites for hydroxylation is 1. The lowest BCUT2D eigenvalue weighted by atomic mass is 10.3. The van der Waals surface area contributed by atoms with E-state index in [1.807, 2.05) is 28.8 Å². The summed E-state index contributed by atoms with van der Waals surface area (Å²) in [5.74, 6) is 0.0951. The molecule has 0 unspecified atom stereocenters. The van der Waals surface area contributed by atoms with E-state index in [1.54, 1.807) is 7.11 Å². The van der Waals surface area contributed by atoms with Gasteiger partial charge in [-0.25, -0.2) is 0 Å². The standard InChI is InChI=1S/C12H17BrN2O2/c1-14-8-9(13)7-11(14)12(16)15(5-6-17-2)10-3-4-10/h7-8,10H,3-6H2,1-2H3. The first-order valence-corrected chi connectivity index (χ1v) is 6.54. The number of carbonyl (C=O) groups excluding carboxylic acids is 1. The summed E-state index contributed by atoms with van der Waals surface area (Å²) in [6, 6.07) is 2.27. The third kappa shape index (κ3) is 2.90. The highest BCUT2D eigenvalue weighted by molar-refractivity contribution is 9.10. The zero-order chi connectivity index (χ0) is 12.4. The fourth-order valence-corrected chi connectivity index (χ4v) is 2.43. The lowest BCUT2D eigenvalue weighted by molar-refractivity contribution is 0.0671. The van der Waals surface area contributed by atoms with E-state index in [0.717, 1.165) is 23.0 Å². The van der Waals surface area contributed by atoms with Gasteiger partial charge in [0.05, 0.1) is 6.61 Å². The van der Waals surface area contributed by atoms with Gasteiger partial charge in [0, 0.05) is 37.4 Å². The summed E-state index contributed by atoms with van der Waals surface area (Å²) in [5.41, 5.74) is 0.722. The molecule has 4 nitrogen and oxygen atoms in total. The zero-order valence-electron chi connectivity index (χ0n) is 10.1. The average molecular weight is 301 g/mol. The molecule has 2 rings (SSSR count). The maximum absolute atomic E-state index is 12.4. The maximum atomic E-state index is 12.4. The summed E-state index contributed by atoms with van der Waals surface area (Å²) in [5, 5.41) is 0. The van der Waals surface area contributed by atoms with Crippen LogP contribution in [-0.2, 0) is 11.8 Å². The number of aromatic nitrogens is 1. The molecule has 1 heterocycles. The molecule has 5 heteroatoms. The van der Waals surface area contributed by atoms with Crippen LogP contribution in [0.1, 0.15) is 23.3 Å². The van der Waals surface area contributed by atoms with Crippen LogP contribution in [0.2, 0.25) is 0 Å². The van der Waals surface area contributed by atoms with Crippen LogP contribution < -0.4 is 0 Å². The summed E-state index contributed by atoms with van der Waals surface area (Å²) in [6.07, 6.45) is 4.12. The number of rotatable bonds is 5. The molecule has 0 bridgehead atoms. The predicted octanol–water partition coefficient (Wildman–Crippen LogP) is 2.04. The Morgan fingerprint density at radius 3 is 2.82 bits per heavy atom. The van der Waals surface area contributed by atoms with Crippen molar-refractivity contribution in [3.8, 4) is 0 Å². The number of ether oxygens (including phenoxy) is 1. The van der Waals surface area contributed by atoms with Crippen molar-refractivity contribution in [1.29, 1.82) is 0 Å². The van der Waals surface area contributed by atoms with Crippen LogP contribution in [0.15, 0.2) is 16.7 Å². The van der Waals surface area contributed by atoms with E-state index in [2.05, 4.69) is 15.9 Å². The summed E-state index contributed by atoms with van der Waals surface area (Å²) in [4.78, 5) is 14.3. The van der Waals surface area contributed by atoms with E-state index in [4.69, 9.17) is 4.74 Å². The van der Waals surface area contributed by atoms with Crippen molar-refractivity contribution in [3.05, 3.63) is 22.4 Å². The van der Waals surface area contributed by atoms with Crippen LogP contribution in [0.5, 0.6) is 0 Å². The molecule has 17 heavy (non-hydrogen) atoms. The highest BCUT2D eigenvalue weighted by Crippen LogP contribution is 2.28. The summed E-state index contributed by atoms with van der Waals surface area (Å²) >= 11 is 3.39. The van der Waals surface area contributed by atoms with Crippen LogP contribution in [0.25, 0.3) is 0 Å². The van der Waals surface area contributed by atoms with Crippen LogP contribution in [0.4, 0.5) is 0 Å². The monoisotopic (exact) mass is 300 g/mol. The van der Waals surface area contributed by atoms with E-state index in [-0.39, 0.29) is 5.91 Å². The normalized spacial score (nSPS) is 15.0. The van der Waals surface area contributed by atoms with E-state index >= 15 is 0 Å². The number of hydrogen-bond donors (Lipinski definition) is 0. The number of carbonyl (C=O) groups is 1. The molecule has 1 amide bonds. The Morgan fingerprint density at radius 2 is 2.35 bits per heavy atom. The minimum atomic E-state index is 0.0951. The van der Waals surface area contributed by atoms with E-state index in [9.17, 15) is 4.79 Å². The molecule has 94 valence electrons. The van der Waals surface area contributed by atoms with Crippen LogP contribution in [0.3, 0.4) is 0 Å². The number of amides is 1. The van der Waals surface area contributed by atoms with Crippen LogP contribution >= 0.6 is 15.9 Å². The molecule has 0 aliphatic heterocycles. The molecule has 1 aliphatic carbocycles. The highest BCUT2D eigenvalue weighted by atomic mass is 79.9. The molecule has 1 aromatic rings. The lowest BCUT2D eigenvalue weighted by Gasteiger charge is -2.22. The Kier molecular flexibility index (Phi) is 3.89. The summed E-state index contributed by atoms with van der Waals surface area (Å²) < 4.78 is 7.85. The third-order valence-electron chi connectivity index (χ3n) is 2.98. The van der Waals surface area contributed by atoms with Gasteiger partial charge in [-0.1, -0.05) is 0 Å². The lowest BCUT2D eigenvalue weighted by Crippen LogP contribution is -2.36. The molecule has 1 fully saturated rings. The fourth-order valence-electron chi connectivity index (χ4n) is 1.91. The smallest absolute Gasteiger partial charge is 0.270 e. The largest absolute Gasteiger partial charge is 0.383 e. The first kappa shape index (κ1) is 12.6. The number of hydrogen-bond acceptors (Lipinski definition) is 2. The Hall–Kier alpha value is -0.810. The second-order valence-electron chi connectivity index (χ2n) is 4.38. The SMILES string of the molecule is COCCN(C(=O)c1cc(Br)cn1C)C1CC1. The molecule has 0 aromatic carbocycles. The van der Waals surface area contributed by atoms with Gasteiger partial charge < -0.3 is 14.2 Å². The van der Waals surface area contributed by atoms with Crippen LogP contribution in [-0.4, -0.2) is 41.7 Å². The summed E-state index contributed by atoms with van der Waals surface area (Å²) in [7, 11) is 3.55. The van der Waals surface area contributed by atoms with Crippen molar-refractivity contribution in [3.63, 3.8) is 0 Å². The molecule has 0 spiro atoms. The van der Waals surface area contributed by atoms with Gasteiger partial charge in [0.15, 0.2) is 0 Å². The fraction of sp³-hybridized carbons (Fsp3) is 0.583.